The number of hydrogen-bond donors (Lipinski definition) is 1. The lowest BCUT2D eigenvalue weighted by Crippen LogP contribution is -2.01. The lowest BCUT2D eigenvalue weighted by atomic mass is 10.0. The van der Waals surface area contributed by atoms with Crippen LogP contribution >= 0.6 is 0 Å². The van der Waals surface area contributed by atoms with Crippen molar-refractivity contribution < 1.29 is 8.78 Å². The summed E-state index contributed by atoms with van der Waals surface area (Å²) in [6, 6.07) is 3.93. The van der Waals surface area contributed by atoms with E-state index in [4.69, 9.17) is 5.73 Å². The molecule has 0 amide bonds. The highest BCUT2D eigenvalue weighted by atomic mass is 19.2. The quantitative estimate of drug-likeness (QED) is 0.887. The van der Waals surface area contributed by atoms with E-state index in [9.17, 15) is 8.78 Å². The Bertz CT molecular complexity index is 605. The summed E-state index contributed by atoms with van der Waals surface area (Å²) < 4.78 is 28.2. The molecule has 1 aromatic carbocycles. The molecule has 0 radical (unpaired) electrons. The molecule has 2 aromatic rings. The van der Waals surface area contributed by atoms with Crippen LogP contribution in [0, 0.1) is 11.6 Å². The van der Waals surface area contributed by atoms with Gasteiger partial charge in [0.05, 0.1) is 5.69 Å². The van der Waals surface area contributed by atoms with Crippen molar-refractivity contribution in [3.63, 3.8) is 0 Å². The average Bonchev–Trinajstić information content (AvgIpc) is 2.92. The fourth-order valence-electron chi connectivity index (χ4n) is 2.51. The molecule has 0 saturated carbocycles. The van der Waals surface area contributed by atoms with Crippen LogP contribution in [0.15, 0.2) is 18.2 Å². The second-order valence-electron chi connectivity index (χ2n) is 4.43. The first-order valence-corrected chi connectivity index (χ1v) is 5.94. The van der Waals surface area contributed by atoms with Crippen molar-refractivity contribution in [1.29, 1.82) is 0 Å². The van der Waals surface area contributed by atoms with Crippen molar-refractivity contribution in [3.8, 4) is 11.1 Å². The monoisotopic (exact) mass is 249 g/mol. The molecule has 18 heavy (non-hydrogen) atoms. The predicted molar refractivity (Wildman–Crippen MR) is 63.8 cm³/mol. The normalized spacial score (nSPS) is 13.9. The van der Waals surface area contributed by atoms with Gasteiger partial charge in [-0.3, -0.25) is 4.68 Å². The highest BCUT2D eigenvalue weighted by Crippen LogP contribution is 2.32. The van der Waals surface area contributed by atoms with E-state index in [1.807, 2.05) is 4.68 Å². The minimum Gasteiger partial charge on any atom is -0.325 e. The summed E-state index contributed by atoms with van der Waals surface area (Å²) in [6.45, 7) is 1.17. The highest BCUT2D eigenvalue weighted by Gasteiger charge is 2.22. The van der Waals surface area contributed by atoms with E-state index < -0.39 is 11.6 Å². The summed E-state index contributed by atoms with van der Waals surface area (Å²) in [6.07, 6.45) is 1.94. The third kappa shape index (κ3) is 1.62. The summed E-state index contributed by atoms with van der Waals surface area (Å²) >= 11 is 0. The Balaban J connectivity index is 2.18. The number of aryl methyl sites for hydroxylation is 1. The second-order valence-corrected chi connectivity index (χ2v) is 4.43. The Morgan fingerprint density at radius 3 is 2.83 bits per heavy atom. The maximum absolute atomic E-state index is 13.3. The van der Waals surface area contributed by atoms with Gasteiger partial charge in [0.2, 0.25) is 0 Å². The van der Waals surface area contributed by atoms with E-state index in [0.29, 0.717) is 12.1 Å². The number of nitrogens with two attached hydrogens (primary N) is 1. The van der Waals surface area contributed by atoms with Gasteiger partial charge in [-0.1, -0.05) is 6.07 Å². The van der Waals surface area contributed by atoms with Gasteiger partial charge < -0.3 is 5.73 Å². The largest absolute Gasteiger partial charge is 0.325 e. The van der Waals surface area contributed by atoms with Crippen LogP contribution in [0.25, 0.3) is 11.1 Å². The molecule has 1 aliphatic rings. The van der Waals surface area contributed by atoms with Gasteiger partial charge in [0.1, 0.15) is 0 Å². The molecule has 5 heteroatoms. The standard InChI is InChI=1S/C13H13F2N3/c14-9-4-3-8(6-10(9)15)13-11(7-16)17-18-5-1-2-12(13)18/h3-4,6H,1-2,5,7,16H2. The summed E-state index contributed by atoms with van der Waals surface area (Å²) in [7, 11) is 0. The molecular formula is C13H13F2N3. The van der Waals surface area contributed by atoms with Gasteiger partial charge in [0.25, 0.3) is 0 Å². The summed E-state index contributed by atoms with van der Waals surface area (Å²) in [5.74, 6) is -1.68. The first-order chi connectivity index (χ1) is 8.70. The van der Waals surface area contributed by atoms with Gasteiger partial charge in [-0.15, -0.1) is 0 Å². The third-order valence-electron chi connectivity index (χ3n) is 3.32. The fraction of sp³-hybridized carbons (Fsp3) is 0.308. The minimum atomic E-state index is -0.839. The van der Waals surface area contributed by atoms with Crippen LogP contribution in [0.3, 0.4) is 0 Å². The second kappa shape index (κ2) is 4.17. The Labute approximate surface area is 103 Å². The molecule has 0 saturated heterocycles. The SMILES string of the molecule is NCc1nn2c(c1-c1ccc(F)c(F)c1)CCC2. The maximum Gasteiger partial charge on any atom is 0.159 e. The van der Waals surface area contributed by atoms with Gasteiger partial charge in [0, 0.05) is 24.3 Å². The van der Waals surface area contributed by atoms with E-state index in [1.165, 1.54) is 6.07 Å². The molecule has 0 aliphatic carbocycles. The zero-order chi connectivity index (χ0) is 12.7. The number of benzene rings is 1. The molecule has 2 N–H and O–H groups in total. The van der Waals surface area contributed by atoms with E-state index >= 15 is 0 Å². The smallest absolute Gasteiger partial charge is 0.159 e. The molecule has 2 heterocycles. The summed E-state index contributed by atoms with van der Waals surface area (Å²) in [4.78, 5) is 0. The van der Waals surface area contributed by atoms with Crippen molar-refractivity contribution >= 4 is 0 Å². The Kier molecular flexibility index (Phi) is 2.63. The lowest BCUT2D eigenvalue weighted by molar-refractivity contribution is 0.509. The van der Waals surface area contributed by atoms with Gasteiger partial charge in [-0.05, 0) is 30.5 Å². The number of fused-ring (bicyclic) bond motifs is 1. The number of hydrogen-bond acceptors (Lipinski definition) is 2. The summed E-state index contributed by atoms with van der Waals surface area (Å²) in [5, 5.41) is 4.41. The molecule has 3 nitrogen and oxygen atoms in total. The molecule has 94 valence electrons. The minimum absolute atomic E-state index is 0.300. The van der Waals surface area contributed by atoms with E-state index in [-0.39, 0.29) is 0 Å². The average molecular weight is 249 g/mol. The van der Waals surface area contributed by atoms with Crippen LogP contribution < -0.4 is 5.73 Å². The lowest BCUT2D eigenvalue weighted by Gasteiger charge is -2.04. The Morgan fingerprint density at radius 2 is 2.11 bits per heavy atom. The molecule has 0 atom stereocenters. The van der Waals surface area contributed by atoms with Crippen LogP contribution in [0.5, 0.6) is 0 Å². The van der Waals surface area contributed by atoms with Crippen LogP contribution in [0.1, 0.15) is 17.8 Å². The predicted octanol–water partition coefficient (Wildman–Crippen LogP) is 2.23. The van der Waals surface area contributed by atoms with Crippen LogP contribution in [-0.4, -0.2) is 9.78 Å². The van der Waals surface area contributed by atoms with Crippen molar-refractivity contribution in [2.45, 2.75) is 25.9 Å². The van der Waals surface area contributed by atoms with Gasteiger partial charge >= 0.3 is 0 Å². The first kappa shape index (κ1) is 11.3. The molecule has 0 spiro atoms. The highest BCUT2D eigenvalue weighted by molar-refractivity contribution is 5.69. The van der Waals surface area contributed by atoms with Crippen molar-refractivity contribution in [3.05, 3.63) is 41.2 Å². The summed E-state index contributed by atoms with van der Waals surface area (Å²) in [5.41, 5.74) is 9.01. The molecule has 1 aliphatic heterocycles. The number of nitrogens with zero attached hydrogens (tertiary/aromatic N) is 2. The van der Waals surface area contributed by atoms with Crippen molar-refractivity contribution in [1.82, 2.24) is 9.78 Å². The van der Waals surface area contributed by atoms with Gasteiger partial charge in [0.15, 0.2) is 11.6 Å². The van der Waals surface area contributed by atoms with Gasteiger partial charge in [-0.2, -0.15) is 5.10 Å². The fourth-order valence-corrected chi connectivity index (χ4v) is 2.51. The van der Waals surface area contributed by atoms with E-state index in [1.54, 1.807) is 6.07 Å². The zero-order valence-corrected chi connectivity index (χ0v) is 9.79. The number of rotatable bonds is 2. The number of aromatic nitrogens is 2. The van der Waals surface area contributed by atoms with Crippen LogP contribution in [0.2, 0.25) is 0 Å². The van der Waals surface area contributed by atoms with Crippen LogP contribution in [-0.2, 0) is 19.5 Å². The van der Waals surface area contributed by atoms with Crippen molar-refractivity contribution in [2.75, 3.05) is 0 Å². The zero-order valence-electron chi connectivity index (χ0n) is 9.79. The molecule has 0 fully saturated rings. The third-order valence-corrected chi connectivity index (χ3v) is 3.32. The molecule has 1 aromatic heterocycles. The van der Waals surface area contributed by atoms with E-state index in [0.717, 1.165) is 42.4 Å². The first-order valence-electron chi connectivity index (χ1n) is 5.94. The molecule has 0 unspecified atom stereocenters. The topological polar surface area (TPSA) is 43.8 Å². The Hall–Kier alpha value is -1.75. The van der Waals surface area contributed by atoms with Crippen LogP contribution in [0.4, 0.5) is 8.78 Å². The van der Waals surface area contributed by atoms with Gasteiger partial charge in [-0.25, -0.2) is 8.78 Å². The van der Waals surface area contributed by atoms with E-state index in [2.05, 4.69) is 5.10 Å². The maximum atomic E-state index is 13.3. The molecule has 3 rings (SSSR count). The van der Waals surface area contributed by atoms with Crippen molar-refractivity contribution in [2.24, 2.45) is 5.73 Å². The molecular weight excluding hydrogens is 236 g/mol. The Morgan fingerprint density at radius 1 is 1.28 bits per heavy atom. The number of halogens is 2. The molecule has 0 bridgehead atoms.